The van der Waals surface area contributed by atoms with Crippen LogP contribution in [0.4, 0.5) is 0 Å². The zero-order valence-electron chi connectivity index (χ0n) is 19.4. The Morgan fingerprint density at radius 3 is 0.892 bits per heavy atom. The van der Waals surface area contributed by atoms with Crippen molar-refractivity contribution in [3.63, 3.8) is 0 Å². The molecule has 0 amide bonds. The van der Waals surface area contributed by atoms with E-state index in [1.54, 1.807) is 4.90 Å². The minimum absolute atomic E-state index is 0. The number of nitrogens with zero attached hydrogens (tertiary/aromatic N) is 5. The van der Waals surface area contributed by atoms with E-state index in [1.807, 2.05) is 0 Å². The van der Waals surface area contributed by atoms with Gasteiger partial charge in [0.25, 0.3) is 0 Å². The SMILES string of the molecule is C.C.C=C=O.C=C=O.O=C([O-])CN1CC1.O=C([O-])CN1CCN([O-])CCN([O-])CCN(CC(=O)[O-])CC1. The third-order valence-electron chi connectivity index (χ3n) is 4.26. The number of aliphatic carboxylic acids is 3. The number of hydrogen-bond donors (Lipinski definition) is 0. The van der Waals surface area contributed by atoms with Crippen LogP contribution in [0, 0.1) is 10.4 Å². The highest BCUT2D eigenvalue weighted by molar-refractivity contribution is 5.67. The Morgan fingerprint density at radius 1 is 0.541 bits per heavy atom. The number of carboxylic acids is 3. The maximum Gasteiger partial charge on any atom is 0.116 e. The molecule has 0 spiro atoms. The van der Waals surface area contributed by atoms with Gasteiger partial charge in [0.1, 0.15) is 11.9 Å². The number of carbonyl (C=O) groups is 3. The molecule has 2 heterocycles. The van der Waals surface area contributed by atoms with Gasteiger partial charge < -0.3 is 50.2 Å². The van der Waals surface area contributed by atoms with Gasteiger partial charge in [-0.1, -0.05) is 14.9 Å². The lowest BCUT2D eigenvalue weighted by molar-refractivity contribution is -0.308. The number of hydroxylamine groups is 4. The van der Waals surface area contributed by atoms with Crippen LogP contribution in [-0.4, -0.2) is 140 Å². The monoisotopic (exact) mass is 532 g/mol. The summed E-state index contributed by atoms with van der Waals surface area (Å²) in [4.78, 5) is 53.1. The molecule has 2 fully saturated rings. The lowest BCUT2D eigenvalue weighted by Gasteiger charge is -2.38. The van der Waals surface area contributed by atoms with Crippen molar-refractivity contribution in [1.29, 1.82) is 0 Å². The number of hydrogen-bond acceptors (Lipinski definition) is 15. The molecule has 2 rings (SSSR count). The molecule has 0 bridgehead atoms. The van der Waals surface area contributed by atoms with Crippen LogP contribution in [-0.2, 0) is 24.0 Å². The van der Waals surface area contributed by atoms with E-state index in [0.717, 1.165) is 13.1 Å². The van der Waals surface area contributed by atoms with Crippen LogP contribution >= 0.6 is 0 Å². The molecule has 0 saturated carbocycles. The maximum absolute atomic E-state index is 11.6. The van der Waals surface area contributed by atoms with Crippen LogP contribution in [0.25, 0.3) is 0 Å². The molecule has 2 aliphatic heterocycles. The van der Waals surface area contributed by atoms with Crippen molar-refractivity contribution >= 4 is 29.8 Å². The fourth-order valence-corrected chi connectivity index (χ4v) is 2.55. The van der Waals surface area contributed by atoms with Gasteiger partial charge in [0, 0.05) is 58.9 Å². The predicted molar refractivity (Wildman–Crippen MR) is 130 cm³/mol. The van der Waals surface area contributed by atoms with Gasteiger partial charge in [-0.05, 0) is 39.3 Å². The molecule has 37 heavy (non-hydrogen) atoms. The van der Waals surface area contributed by atoms with Crippen LogP contribution in [0.2, 0.25) is 0 Å². The minimum atomic E-state index is -1.26. The van der Waals surface area contributed by atoms with E-state index in [1.165, 1.54) is 21.7 Å². The molecular formula is C22H38N5O10-5. The number of carbonyl (C=O) groups excluding carboxylic acids is 5. The molecule has 0 aromatic rings. The summed E-state index contributed by atoms with van der Waals surface area (Å²) in [5, 5.41) is 55.7. The van der Waals surface area contributed by atoms with Crippen molar-refractivity contribution < 1.29 is 39.3 Å². The molecule has 0 N–H and O–H groups in total. The fourth-order valence-electron chi connectivity index (χ4n) is 2.55. The highest BCUT2D eigenvalue weighted by Crippen LogP contribution is 1.99. The molecule has 216 valence electrons. The summed E-state index contributed by atoms with van der Waals surface area (Å²) in [5.74, 6) is -0.999. The Balaban J connectivity index is -0.000000300. The Kier molecular flexibility index (Phi) is 29.0. The van der Waals surface area contributed by atoms with Crippen molar-refractivity contribution in [1.82, 2.24) is 24.8 Å². The van der Waals surface area contributed by atoms with E-state index >= 15 is 0 Å². The summed E-state index contributed by atoms with van der Waals surface area (Å²) in [6, 6.07) is 0. The van der Waals surface area contributed by atoms with Crippen LogP contribution in [0.5, 0.6) is 0 Å². The van der Waals surface area contributed by atoms with Crippen molar-refractivity contribution in [2.75, 3.05) is 85.1 Å². The van der Waals surface area contributed by atoms with E-state index in [9.17, 15) is 40.1 Å². The third-order valence-corrected chi connectivity index (χ3v) is 4.26. The number of rotatable bonds is 6. The van der Waals surface area contributed by atoms with Gasteiger partial charge in [-0.25, -0.2) is 9.59 Å². The molecule has 15 heteroatoms. The number of carboxylic acid groups (broad SMARTS) is 3. The quantitative estimate of drug-likeness (QED) is 0.231. The standard InChI is InChI=1S/C12H22N4O6.C4H7NO2.2C2H2O.2CH4/c17-11(18)9-13-1-2-14(10-12(19)20)4-6-16(22)8-7-15(21)5-3-13;6-4(7)3-5-1-2-5;2*1-2-3;;/h1-10H2,(H,17,18)(H,19,20);1-3H2,(H,6,7);2*1H2;2*1H4/q-2;;;;;/p-3. The highest BCUT2D eigenvalue weighted by atomic mass is 16.5. The lowest BCUT2D eigenvalue weighted by Crippen LogP contribution is -2.48. The van der Waals surface area contributed by atoms with E-state index in [0.29, 0.717) is 10.1 Å². The first-order valence-electron chi connectivity index (χ1n) is 10.4. The largest absolute Gasteiger partial charge is 0.785 e. The topological polar surface area (TPSA) is 217 Å². The molecule has 0 aromatic heterocycles. The molecule has 0 unspecified atom stereocenters. The lowest BCUT2D eigenvalue weighted by atomic mass is 10.3. The molecule has 15 nitrogen and oxygen atoms in total. The Morgan fingerprint density at radius 2 is 0.703 bits per heavy atom. The first kappa shape index (κ1) is 41.2. The van der Waals surface area contributed by atoms with Gasteiger partial charge in [0.05, 0.1) is 17.9 Å². The normalized spacial score (nSPS) is 17.1. The Hall–Kier alpha value is -2.97. The van der Waals surface area contributed by atoms with Crippen LogP contribution in [0.15, 0.2) is 13.2 Å². The molecular weight excluding hydrogens is 494 g/mol. The molecule has 0 atom stereocenters. The Labute approximate surface area is 218 Å². The van der Waals surface area contributed by atoms with E-state index in [4.69, 9.17) is 9.59 Å². The summed E-state index contributed by atoms with van der Waals surface area (Å²) in [6.07, 6.45) is 0. The van der Waals surface area contributed by atoms with Crippen molar-refractivity contribution in [2.45, 2.75) is 14.9 Å². The van der Waals surface area contributed by atoms with Gasteiger partial charge in [0.15, 0.2) is 0 Å². The van der Waals surface area contributed by atoms with Gasteiger partial charge in [0.2, 0.25) is 0 Å². The molecule has 0 aliphatic carbocycles. The van der Waals surface area contributed by atoms with Gasteiger partial charge in [-0.15, -0.1) is 0 Å². The summed E-state index contributed by atoms with van der Waals surface area (Å²) in [6.45, 7) is 7.76. The minimum Gasteiger partial charge on any atom is -0.785 e. The van der Waals surface area contributed by atoms with E-state index in [2.05, 4.69) is 13.2 Å². The predicted octanol–water partition coefficient (Wildman–Crippen LogP) is -4.96. The average Bonchev–Trinajstić information content (AvgIpc) is 3.55. The second-order valence-electron chi connectivity index (χ2n) is 7.09. The first-order chi connectivity index (χ1) is 16.5. The second-order valence-corrected chi connectivity index (χ2v) is 7.09. The van der Waals surface area contributed by atoms with Crippen molar-refractivity contribution in [3.8, 4) is 0 Å². The summed E-state index contributed by atoms with van der Waals surface area (Å²) in [7, 11) is 0. The fraction of sp³-hybridized carbons (Fsp3) is 0.682. The molecule has 2 aliphatic rings. The van der Waals surface area contributed by atoms with Crippen LogP contribution in [0.3, 0.4) is 0 Å². The molecule has 0 aromatic carbocycles. The second kappa shape index (κ2) is 26.1. The zero-order valence-corrected chi connectivity index (χ0v) is 19.4. The van der Waals surface area contributed by atoms with Crippen molar-refractivity contribution in [3.05, 3.63) is 23.6 Å². The third kappa shape index (κ3) is 31.0. The molecule has 0 radical (unpaired) electrons. The summed E-state index contributed by atoms with van der Waals surface area (Å²) < 4.78 is 0. The smallest absolute Gasteiger partial charge is 0.116 e. The van der Waals surface area contributed by atoms with Gasteiger partial charge in [-0.3, -0.25) is 14.7 Å². The van der Waals surface area contributed by atoms with E-state index < -0.39 is 17.9 Å². The van der Waals surface area contributed by atoms with Gasteiger partial charge >= 0.3 is 0 Å². The maximum atomic E-state index is 11.6. The van der Waals surface area contributed by atoms with Crippen molar-refractivity contribution in [2.24, 2.45) is 0 Å². The summed E-state index contributed by atoms with van der Waals surface area (Å²) in [5.41, 5.74) is 0. The Bertz CT molecular complexity index is 647. The van der Waals surface area contributed by atoms with Crippen LogP contribution in [0.1, 0.15) is 14.9 Å². The zero-order chi connectivity index (χ0) is 27.2. The van der Waals surface area contributed by atoms with Gasteiger partial charge in [-0.2, -0.15) is 0 Å². The van der Waals surface area contributed by atoms with Crippen LogP contribution < -0.4 is 15.3 Å². The highest BCUT2D eigenvalue weighted by Gasteiger charge is 2.15. The first-order valence-corrected chi connectivity index (χ1v) is 10.4. The summed E-state index contributed by atoms with van der Waals surface area (Å²) >= 11 is 0. The molecule has 2 saturated heterocycles. The average molecular weight is 533 g/mol. The van der Waals surface area contributed by atoms with E-state index in [-0.39, 0.29) is 86.8 Å².